The molecule has 3 rings (SSSR count). The van der Waals surface area contributed by atoms with Crippen molar-refractivity contribution in [3.05, 3.63) is 48.0 Å². The van der Waals surface area contributed by atoms with Crippen LogP contribution < -0.4 is 19.7 Å². The maximum absolute atomic E-state index is 12.4. The lowest BCUT2D eigenvalue weighted by Gasteiger charge is -2.35. The number of ether oxygens (including phenoxy) is 3. The van der Waals surface area contributed by atoms with Crippen LogP contribution in [0.5, 0.6) is 11.5 Å². The number of likely N-dealkylation sites (N-methyl/N-ethyl adjacent to an activating group) is 1. The second kappa shape index (κ2) is 10.7. The number of piperazine rings is 1. The van der Waals surface area contributed by atoms with Gasteiger partial charge >= 0.3 is 5.97 Å². The Kier molecular flexibility index (Phi) is 7.72. The third kappa shape index (κ3) is 5.88. The van der Waals surface area contributed by atoms with Crippen LogP contribution in [0.3, 0.4) is 0 Å². The zero-order chi connectivity index (χ0) is 22.2. The monoisotopic (exact) mass is 427 g/mol. The number of hydrogen-bond donors (Lipinski definition) is 1. The van der Waals surface area contributed by atoms with E-state index in [0.717, 1.165) is 38.4 Å². The Balaban J connectivity index is 1.51. The van der Waals surface area contributed by atoms with Crippen molar-refractivity contribution >= 4 is 23.3 Å². The molecule has 0 bridgehead atoms. The van der Waals surface area contributed by atoms with Gasteiger partial charge in [0.05, 0.1) is 14.2 Å². The van der Waals surface area contributed by atoms with E-state index in [9.17, 15) is 9.59 Å². The van der Waals surface area contributed by atoms with Crippen molar-refractivity contribution in [3.63, 3.8) is 0 Å². The number of esters is 1. The SMILES string of the molecule is CCN1CCN(c2ccc(NC(=O)COC(=O)c3cc(OC)ccc3OC)cc2)CC1. The van der Waals surface area contributed by atoms with Crippen molar-refractivity contribution in [3.8, 4) is 11.5 Å². The van der Waals surface area contributed by atoms with Gasteiger partial charge in [-0.15, -0.1) is 0 Å². The van der Waals surface area contributed by atoms with E-state index in [1.54, 1.807) is 12.1 Å². The average molecular weight is 428 g/mol. The van der Waals surface area contributed by atoms with E-state index in [4.69, 9.17) is 14.2 Å². The molecule has 8 nitrogen and oxygen atoms in total. The van der Waals surface area contributed by atoms with Crippen LogP contribution in [0.1, 0.15) is 17.3 Å². The van der Waals surface area contributed by atoms with Crippen LogP contribution in [0.15, 0.2) is 42.5 Å². The molecule has 1 aliphatic heterocycles. The molecule has 0 aromatic heterocycles. The molecule has 0 spiro atoms. The lowest BCUT2D eigenvalue weighted by Crippen LogP contribution is -2.46. The number of nitrogens with one attached hydrogen (secondary N) is 1. The zero-order valence-corrected chi connectivity index (χ0v) is 18.2. The summed E-state index contributed by atoms with van der Waals surface area (Å²) in [5.41, 5.74) is 1.98. The van der Waals surface area contributed by atoms with E-state index in [-0.39, 0.29) is 5.56 Å². The molecule has 2 aromatic carbocycles. The second-order valence-corrected chi connectivity index (χ2v) is 7.16. The number of anilines is 2. The van der Waals surface area contributed by atoms with Crippen LogP contribution in [0, 0.1) is 0 Å². The van der Waals surface area contributed by atoms with Crippen LogP contribution in [0.25, 0.3) is 0 Å². The van der Waals surface area contributed by atoms with Crippen molar-refractivity contribution in [2.45, 2.75) is 6.92 Å². The van der Waals surface area contributed by atoms with Crippen LogP contribution in [-0.2, 0) is 9.53 Å². The Labute approximate surface area is 182 Å². The van der Waals surface area contributed by atoms with Gasteiger partial charge in [0.1, 0.15) is 17.1 Å². The highest BCUT2D eigenvalue weighted by Gasteiger charge is 2.18. The van der Waals surface area contributed by atoms with Crippen molar-refractivity contribution in [2.24, 2.45) is 0 Å². The smallest absolute Gasteiger partial charge is 0.342 e. The lowest BCUT2D eigenvalue weighted by atomic mass is 10.2. The molecule has 166 valence electrons. The third-order valence-electron chi connectivity index (χ3n) is 5.30. The summed E-state index contributed by atoms with van der Waals surface area (Å²) in [6, 6.07) is 12.5. The highest BCUT2D eigenvalue weighted by molar-refractivity contribution is 5.97. The van der Waals surface area contributed by atoms with Gasteiger partial charge in [0.25, 0.3) is 5.91 Å². The summed E-state index contributed by atoms with van der Waals surface area (Å²) in [5, 5.41) is 2.75. The molecular weight excluding hydrogens is 398 g/mol. The Morgan fingerprint density at radius 2 is 1.68 bits per heavy atom. The van der Waals surface area contributed by atoms with Crippen LogP contribution in [-0.4, -0.2) is 70.3 Å². The van der Waals surface area contributed by atoms with Gasteiger partial charge in [-0.3, -0.25) is 4.79 Å². The number of amides is 1. The molecule has 0 radical (unpaired) electrons. The largest absolute Gasteiger partial charge is 0.497 e. The van der Waals surface area contributed by atoms with Gasteiger partial charge in [-0.25, -0.2) is 4.79 Å². The van der Waals surface area contributed by atoms with Crippen molar-refractivity contribution in [1.82, 2.24) is 4.90 Å². The third-order valence-corrected chi connectivity index (χ3v) is 5.30. The number of nitrogens with zero attached hydrogens (tertiary/aromatic N) is 2. The number of carbonyl (C=O) groups excluding carboxylic acids is 2. The van der Waals surface area contributed by atoms with E-state index in [1.807, 2.05) is 24.3 Å². The number of carbonyl (C=O) groups is 2. The summed E-state index contributed by atoms with van der Waals surface area (Å²) in [6.07, 6.45) is 0. The molecule has 0 unspecified atom stereocenters. The highest BCUT2D eigenvalue weighted by Crippen LogP contribution is 2.25. The van der Waals surface area contributed by atoms with Crippen molar-refractivity contribution in [2.75, 3.05) is 63.8 Å². The summed E-state index contributed by atoms with van der Waals surface area (Å²) >= 11 is 0. The summed E-state index contributed by atoms with van der Waals surface area (Å²) < 4.78 is 15.4. The van der Waals surface area contributed by atoms with Gasteiger partial charge in [0.15, 0.2) is 6.61 Å². The molecule has 0 atom stereocenters. The second-order valence-electron chi connectivity index (χ2n) is 7.16. The van der Waals surface area contributed by atoms with E-state index >= 15 is 0 Å². The molecule has 0 aliphatic carbocycles. The van der Waals surface area contributed by atoms with Crippen LogP contribution in [0.4, 0.5) is 11.4 Å². The molecule has 1 saturated heterocycles. The molecule has 0 saturated carbocycles. The van der Waals surface area contributed by atoms with E-state index < -0.39 is 18.5 Å². The van der Waals surface area contributed by atoms with Gasteiger partial charge in [-0.2, -0.15) is 0 Å². The van der Waals surface area contributed by atoms with Gasteiger partial charge in [-0.1, -0.05) is 6.92 Å². The molecule has 1 aliphatic rings. The summed E-state index contributed by atoms with van der Waals surface area (Å²) in [6.45, 7) is 6.94. The van der Waals surface area contributed by atoms with Gasteiger partial charge in [-0.05, 0) is 49.0 Å². The predicted molar refractivity (Wildman–Crippen MR) is 119 cm³/mol. The van der Waals surface area contributed by atoms with Gasteiger partial charge in [0, 0.05) is 37.6 Å². The van der Waals surface area contributed by atoms with Gasteiger partial charge < -0.3 is 29.3 Å². The Morgan fingerprint density at radius 3 is 2.29 bits per heavy atom. The number of benzene rings is 2. The molecule has 1 heterocycles. The summed E-state index contributed by atoms with van der Waals surface area (Å²) in [4.78, 5) is 29.3. The maximum Gasteiger partial charge on any atom is 0.342 e. The topological polar surface area (TPSA) is 80.3 Å². The normalized spacial score (nSPS) is 14.1. The lowest BCUT2D eigenvalue weighted by molar-refractivity contribution is -0.119. The maximum atomic E-state index is 12.4. The first-order valence-electron chi connectivity index (χ1n) is 10.3. The molecule has 8 heteroatoms. The number of methoxy groups -OCH3 is 2. The highest BCUT2D eigenvalue weighted by atomic mass is 16.5. The fourth-order valence-corrected chi connectivity index (χ4v) is 3.46. The first-order chi connectivity index (χ1) is 15.0. The van der Waals surface area contributed by atoms with E-state index in [2.05, 4.69) is 22.0 Å². The predicted octanol–water partition coefficient (Wildman–Crippen LogP) is 2.64. The van der Waals surface area contributed by atoms with Crippen molar-refractivity contribution in [1.29, 1.82) is 0 Å². The van der Waals surface area contributed by atoms with Gasteiger partial charge in [0.2, 0.25) is 0 Å². The van der Waals surface area contributed by atoms with Crippen LogP contribution in [0.2, 0.25) is 0 Å². The molecule has 2 aromatic rings. The Morgan fingerprint density at radius 1 is 0.968 bits per heavy atom. The quantitative estimate of drug-likeness (QED) is 0.649. The minimum absolute atomic E-state index is 0.196. The zero-order valence-electron chi connectivity index (χ0n) is 18.2. The number of hydrogen-bond acceptors (Lipinski definition) is 7. The fourth-order valence-electron chi connectivity index (χ4n) is 3.46. The van der Waals surface area contributed by atoms with E-state index in [0.29, 0.717) is 17.2 Å². The first-order valence-corrected chi connectivity index (χ1v) is 10.3. The first kappa shape index (κ1) is 22.4. The molecule has 1 amide bonds. The Bertz CT molecular complexity index is 893. The van der Waals surface area contributed by atoms with E-state index in [1.165, 1.54) is 20.3 Å². The molecular formula is C23H29N3O5. The number of rotatable bonds is 8. The van der Waals surface area contributed by atoms with Crippen LogP contribution >= 0.6 is 0 Å². The molecule has 1 N–H and O–H groups in total. The Hall–Kier alpha value is -3.26. The molecule has 1 fully saturated rings. The molecule has 31 heavy (non-hydrogen) atoms. The summed E-state index contributed by atoms with van der Waals surface area (Å²) in [5.74, 6) is -0.234. The average Bonchev–Trinajstić information content (AvgIpc) is 2.82. The minimum atomic E-state index is -0.660. The standard InChI is InChI=1S/C23H29N3O5/c1-4-25-11-13-26(14-12-25)18-7-5-17(6-8-18)24-22(27)16-31-23(28)20-15-19(29-2)9-10-21(20)30-3/h5-10,15H,4,11-14,16H2,1-3H3,(H,24,27). The minimum Gasteiger partial charge on any atom is -0.497 e. The fraction of sp³-hybridized carbons (Fsp3) is 0.391. The van der Waals surface area contributed by atoms with Crippen molar-refractivity contribution < 1.29 is 23.8 Å². The summed E-state index contributed by atoms with van der Waals surface area (Å²) in [7, 11) is 2.96.